The lowest BCUT2D eigenvalue weighted by Gasteiger charge is -2.34. The van der Waals surface area contributed by atoms with Gasteiger partial charge in [-0.15, -0.1) is 0 Å². The molecule has 3 rings (SSSR count). The van der Waals surface area contributed by atoms with Crippen molar-refractivity contribution in [1.82, 2.24) is 9.21 Å². The highest BCUT2D eigenvalue weighted by Crippen LogP contribution is 2.22. The molecule has 2 aromatic rings. The van der Waals surface area contributed by atoms with Crippen molar-refractivity contribution in [2.75, 3.05) is 32.8 Å². The second-order valence-electron chi connectivity index (χ2n) is 6.61. The number of ether oxygens (including phenoxy) is 1. The molecule has 1 heterocycles. The fraction of sp³-hybridized carbons (Fsp3) is 0.350. The van der Waals surface area contributed by atoms with Crippen LogP contribution in [0.2, 0.25) is 0 Å². The lowest BCUT2D eigenvalue weighted by atomic mass is 10.1. The minimum atomic E-state index is -4.09. The Hall–Kier alpha value is -2.52. The summed E-state index contributed by atoms with van der Waals surface area (Å²) in [6.45, 7) is 2.97. The van der Waals surface area contributed by atoms with Crippen LogP contribution in [0.15, 0.2) is 47.4 Å². The highest BCUT2D eigenvalue weighted by molar-refractivity contribution is 7.89. The van der Waals surface area contributed by atoms with Crippen molar-refractivity contribution in [3.63, 3.8) is 0 Å². The van der Waals surface area contributed by atoms with Crippen LogP contribution in [0.5, 0.6) is 5.75 Å². The maximum absolute atomic E-state index is 13.9. The first-order chi connectivity index (χ1) is 13.8. The Morgan fingerprint density at radius 1 is 1.03 bits per heavy atom. The van der Waals surface area contributed by atoms with Gasteiger partial charge in [0, 0.05) is 32.2 Å². The second kappa shape index (κ2) is 8.87. The van der Waals surface area contributed by atoms with Crippen LogP contribution in [0.3, 0.4) is 0 Å². The molecule has 1 saturated heterocycles. The molecule has 29 heavy (non-hydrogen) atoms. The third kappa shape index (κ3) is 4.91. The first kappa shape index (κ1) is 21.2. The molecule has 0 radical (unpaired) electrons. The Labute approximate surface area is 168 Å². The number of nitrogens with zero attached hydrogens (tertiary/aromatic N) is 2. The van der Waals surface area contributed by atoms with Gasteiger partial charge in [-0.3, -0.25) is 4.79 Å². The third-order valence-corrected chi connectivity index (χ3v) is 6.62. The summed E-state index contributed by atoms with van der Waals surface area (Å²) in [4.78, 5) is 13.5. The number of hydrogen-bond acceptors (Lipinski definition) is 4. The zero-order valence-electron chi connectivity index (χ0n) is 16.0. The fourth-order valence-corrected chi connectivity index (χ4v) is 4.63. The number of rotatable bonds is 6. The van der Waals surface area contributed by atoms with E-state index in [0.29, 0.717) is 12.7 Å². The second-order valence-corrected chi connectivity index (χ2v) is 8.52. The summed E-state index contributed by atoms with van der Waals surface area (Å²) in [5, 5.41) is 0. The number of piperazine rings is 1. The predicted octanol–water partition coefficient (Wildman–Crippen LogP) is 2.44. The molecule has 6 nitrogen and oxygen atoms in total. The summed E-state index contributed by atoms with van der Waals surface area (Å²) in [6, 6.07) is 9.61. The van der Waals surface area contributed by atoms with Gasteiger partial charge in [-0.1, -0.05) is 12.1 Å². The molecule has 0 atom stereocenters. The van der Waals surface area contributed by atoms with Gasteiger partial charge in [-0.2, -0.15) is 4.31 Å². The maximum Gasteiger partial charge on any atom is 0.246 e. The van der Waals surface area contributed by atoms with Crippen molar-refractivity contribution in [3.8, 4) is 5.75 Å². The van der Waals surface area contributed by atoms with Crippen LogP contribution in [-0.2, 0) is 21.2 Å². The van der Waals surface area contributed by atoms with E-state index in [-0.39, 0.29) is 38.5 Å². The van der Waals surface area contributed by atoms with Gasteiger partial charge in [-0.05, 0) is 36.8 Å². The zero-order valence-corrected chi connectivity index (χ0v) is 16.8. The Kier molecular flexibility index (Phi) is 6.49. The number of amides is 1. The maximum atomic E-state index is 13.9. The lowest BCUT2D eigenvalue weighted by Crippen LogP contribution is -2.51. The van der Waals surface area contributed by atoms with E-state index in [1.54, 1.807) is 17.0 Å². The summed E-state index contributed by atoms with van der Waals surface area (Å²) in [7, 11) is -4.09. The molecule has 9 heteroatoms. The lowest BCUT2D eigenvalue weighted by molar-refractivity contribution is -0.131. The Balaban J connectivity index is 1.60. The molecule has 0 N–H and O–H groups in total. The number of benzene rings is 2. The van der Waals surface area contributed by atoms with E-state index in [0.717, 1.165) is 27.8 Å². The smallest absolute Gasteiger partial charge is 0.246 e. The number of carbonyl (C=O) groups excluding carboxylic acids is 1. The van der Waals surface area contributed by atoms with Crippen molar-refractivity contribution in [3.05, 3.63) is 59.7 Å². The average molecular weight is 424 g/mol. The fourth-order valence-electron chi connectivity index (χ4n) is 3.16. The van der Waals surface area contributed by atoms with Crippen LogP contribution in [-0.4, -0.2) is 56.3 Å². The van der Waals surface area contributed by atoms with Gasteiger partial charge in [0.25, 0.3) is 0 Å². The molecule has 1 amide bonds. The monoisotopic (exact) mass is 424 g/mol. The topological polar surface area (TPSA) is 66.9 Å². The van der Waals surface area contributed by atoms with E-state index < -0.39 is 26.6 Å². The number of sulfonamides is 1. The van der Waals surface area contributed by atoms with Gasteiger partial charge >= 0.3 is 0 Å². The largest absolute Gasteiger partial charge is 0.494 e. The van der Waals surface area contributed by atoms with Crippen molar-refractivity contribution in [1.29, 1.82) is 0 Å². The van der Waals surface area contributed by atoms with Gasteiger partial charge < -0.3 is 9.64 Å². The molecular weight excluding hydrogens is 402 g/mol. The molecular formula is C20H22F2N2O4S. The van der Waals surface area contributed by atoms with Gasteiger partial charge in [-0.25, -0.2) is 17.2 Å². The third-order valence-electron chi connectivity index (χ3n) is 4.69. The Morgan fingerprint density at radius 3 is 2.28 bits per heavy atom. The van der Waals surface area contributed by atoms with Crippen molar-refractivity contribution in [2.24, 2.45) is 0 Å². The van der Waals surface area contributed by atoms with Crippen LogP contribution in [0.4, 0.5) is 8.78 Å². The van der Waals surface area contributed by atoms with Crippen LogP contribution in [0.25, 0.3) is 0 Å². The summed E-state index contributed by atoms with van der Waals surface area (Å²) in [5.74, 6) is -1.35. The molecule has 0 aromatic heterocycles. The van der Waals surface area contributed by atoms with E-state index in [1.807, 2.05) is 19.1 Å². The average Bonchev–Trinajstić information content (AvgIpc) is 2.69. The number of carbonyl (C=O) groups is 1. The van der Waals surface area contributed by atoms with Crippen molar-refractivity contribution in [2.45, 2.75) is 18.2 Å². The summed E-state index contributed by atoms with van der Waals surface area (Å²) < 4.78 is 58.7. The normalized spacial score (nSPS) is 15.3. The molecule has 0 aliphatic carbocycles. The first-order valence-electron chi connectivity index (χ1n) is 9.26. The number of hydrogen-bond donors (Lipinski definition) is 0. The molecule has 1 aliphatic heterocycles. The minimum Gasteiger partial charge on any atom is -0.494 e. The number of halogens is 2. The first-order valence-corrected chi connectivity index (χ1v) is 10.7. The summed E-state index contributed by atoms with van der Waals surface area (Å²) in [5.41, 5.74) is 0.835. The molecule has 0 saturated carbocycles. The molecule has 0 unspecified atom stereocenters. The zero-order chi connectivity index (χ0) is 21.0. The van der Waals surface area contributed by atoms with E-state index in [2.05, 4.69) is 0 Å². The Morgan fingerprint density at radius 2 is 1.69 bits per heavy atom. The van der Waals surface area contributed by atoms with Gasteiger partial charge in [0.05, 0.1) is 13.0 Å². The Bertz CT molecular complexity index is 972. The van der Waals surface area contributed by atoms with E-state index in [9.17, 15) is 22.0 Å². The van der Waals surface area contributed by atoms with E-state index in [4.69, 9.17) is 4.74 Å². The van der Waals surface area contributed by atoms with Gasteiger partial charge in [0.15, 0.2) is 0 Å². The van der Waals surface area contributed by atoms with Gasteiger partial charge in [0.2, 0.25) is 15.9 Å². The highest BCUT2D eigenvalue weighted by atomic mass is 32.2. The van der Waals surface area contributed by atoms with Crippen LogP contribution < -0.4 is 4.74 Å². The van der Waals surface area contributed by atoms with Crippen molar-refractivity contribution < 1.29 is 26.7 Å². The standard InChI is InChI=1S/C20H22F2N2O4S/c1-2-28-17-6-3-15(4-7-17)13-20(25)23-9-11-24(12-10-23)29(26,27)19-8-5-16(21)14-18(19)22/h3-8,14H,2,9-13H2,1H3. The summed E-state index contributed by atoms with van der Waals surface area (Å²) in [6.07, 6.45) is 0.200. The molecule has 0 bridgehead atoms. The molecule has 2 aromatic carbocycles. The van der Waals surface area contributed by atoms with E-state index >= 15 is 0 Å². The van der Waals surface area contributed by atoms with E-state index in [1.165, 1.54) is 0 Å². The molecule has 0 spiro atoms. The minimum absolute atomic E-state index is 0.0498. The predicted molar refractivity (Wildman–Crippen MR) is 103 cm³/mol. The van der Waals surface area contributed by atoms with Gasteiger partial charge in [0.1, 0.15) is 22.3 Å². The van der Waals surface area contributed by atoms with Crippen LogP contribution in [0.1, 0.15) is 12.5 Å². The quantitative estimate of drug-likeness (QED) is 0.715. The van der Waals surface area contributed by atoms with Crippen LogP contribution in [0, 0.1) is 11.6 Å². The highest BCUT2D eigenvalue weighted by Gasteiger charge is 2.32. The molecule has 156 valence electrons. The SMILES string of the molecule is CCOc1ccc(CC(=O)N2CCN(S(=O)(=O)c3ccc(F)cc3F)CC2)cc1. The van der Waals surface area contributed by atoms with Crippen LogP contribution >= 0.6 is 0 Å². The summed E-state index contributed by atoms with van der Waals surface area (Å²) >= 11 is 0. The molecule has 1 aliphatic rings. The van der Waals surface area contributed by atoms with Crippen molar-refractivity contribution >= 4 is 15.9 Å². The molecule has 1 fully saturated rings.